The largest absolute Gasteiger partial charge is 0.309 e. The van der Waals surface area contributed by atoms with Crippen molar-refractivity contribution in [3.63, 3.8) is 0 Å². The molecule has 1 amide bonds. The van der Waals surface area contributed by atoms with Gasteiger partial charge in [0.25, 0.3) is 0 Å². The molecule has 0 atom stereocenters. The molecule has 1 N–H and O–H groups in total. The Balaban J connectivity index is 1.83. The van der Waals surface area contributed by atoms with Crippen molar-refractivity contribution in [1.29, 1.82) is 0 Å². The number of hydrogen-bond donors (Lipinski definition) is 1. The summed E-state index contributed by atoms with van der Waals surface area (Å²) in [6, 6.07) is 11.8. The number of rotatable bonds is 5. The van der Waals surface area contributed by atoms with Gasteiger partial charge < -0.3 is 5.32 Å². The Morgan fingerprint density at radius 3 is 2.70 bits per heavy atom. The zero-order valence-corrected chi connectivity index (χ0v) is 12.9. The normalized spacial score (nSPS) is 10.9. The molecule has 8 nitrogen and oxygen atoms in total. The lowest BCUT2D eigenvalue weighted by molar-refractivity contribution is -0.117. The highest BCUT2D eigenvalue weighted by molar-refractivity contribution is 5.90. The van der Waals surface area contributed by atoms with Crippen molar-refractivity contribution < 1.29 is 4.79 Å². The summed E-state index contributed by atoms with van der Waals surface area (Å²) < 4.78 is 3.16. The molecular weight excluding hydrogens is 294 g/mol. The van der Waals surface area contributed by atoms with Crippen molar-refractivity contribution in [1.82, 2.24) is 30.0 Å². The number of amides is 1. The maximum absolute atomic E-state index is 12.1. The first-order chi connectivity index (χ1) is 11.1. The molecule has 3 rings (SSSR count). The van der Waals surface area contributed by atoms with Crippen LogP contribution in [0.1, 0.15) is 19.9 Å². The maximum atomic E-state index is 12.1. The van der Waals surface area contributed by atoms with Gasteiger partial charge in [0.15, 0.2) is 0 Å². The van der Waals surface area contributed by atoms with Gasteiger partial charge in [0.1, 0.15) is 18.7 Å². The summed E-state index contributed by atoms with van der Waals surface area (Å²) in [7, 11) is 0. The molecule has 2 heterocycles. The van der Waals surface area contributed by atoms with E-state index in [0.717, 1.165) is 11.3 Å². The molecule has 0 spiro atoms. The van der Waals surface area contributed by atoms with Gasteiger partial charge in [-0.05, 0) is 24.3 Å². The Kier molecular flexibility index (Phi) is 4.13. The van der Waals surface area contributed by atoms with Crippen molar-refractivity contribution in [2.24, 2.45) is 0 Å². The van der Waals surface area contributed by atoms with Crippen LogP contribution in [0.25, 0.3) is 11.3 Å². The number of carbonyl (C=O) groups is 1. The van der Waals surface area contributed by atoms with Crippen LogP contribution in [-0.2, 0) is 11.3 Å². The van der Waals surface area contributed by atoms with E-state index >= 15 is 0 Å². The van der Waals surface area contributed by atoms with Gasteiger partial charge in [-0.1, -0.05) is 30.3 Å². The molecule has 0 unspecified atom stereocenters. The van der Waals surface area contributed by atoms with Gasteiger partial charge >= 0.3 is 0 Å². The fourth-order valence-corrected chi connectivity index (χ4v) is 2.21. The summed E-state index contributed by atoms with van der Waals surface area (Å²) in [6.45, 7) is 4.08. The summed E-state index contributed by atoms with van der Waals surface area (Å²) in [5, 5.41) is 18.1. The van der Waals surface area contributed by atoms with E-state index in [4.69, 9.17) is 0 Å². The van der Waals surface area contributed by atoms with Gasteiger partial charge in [-0.25, -0.2) is 9.36 Å². The highest BCUT2D eigenvalue weighted by Crippen LogP contribution is 2.24. The molecule has 0 aliphatic carbocycles. The molecule has 118 valence electrons. The first-order valence-corrected chi connectivity index (χ1v) is 7.29. The van der Waals surface area contributed by atoms with Crippen molar-refractivity contribution >= 4 is 11.7 Å². The molecular formula is C15H17N7O. The number of benzene rings is 1. The number of nitrogens with zero attached hydrogens (tertiary/aromatic N) is 6. The third kappa shape index (κ3) is 3.42. The predicted molar refractivity (Wildman–Crippen MR) is 84.5 cm³/mol. The van der Waals surface area contributed by atoms with Crippen LogP contribution in [0.3, 0.4) is 0 Å². The first kappa shape index (κ1) is 14.9. The predicted octanol–water partition coefficient (Wildman–Crippen LogP) is 1.76. The summed E-state index contributed by atoms with van der Waals surface area (Å²) in [5.74, 6) is 0.440. The van der Waals surface area contributed by atoms with Crippen LogP contribution in [0.15, 0.2) is 42.7 Å². The molecule has 0 bridgehead atoms. The topological polar surface area (TPSA) is 90.5 Å². The summed E-state index contributed by atoms with van der Waals surface area (Å²) >= 11 is 0. The van der Waals surface area contributed by atoms with Crippen LogP contribution in [0, 0.1) is 0 Å². The molecule has 2 aromatic heterocycles. The van der Waals surface area contributed by atoms with Crippen LogP contribution in [0.4, 0.5) is 5.82 Å². The van der Waals surface area contributed by atoms with Gasteiger partial charge in [0.05, 0.1) is 5.69 Å². The highest BCUT2D eigenvalue weighted by Gasteiger charge is 2.14. The van der Waals surface area contributed by atoms with E-state index in [-0.39, 0.29) is 18.5 Å². The summed E-state index contributed by atoms with van der Waals surface area (Å²) in [6.07, 6.45) is 1.40. The SMILES string of the molecule is CC(C)n1nc(-c2ccccc2)cc1NC(=O)Cn1cnnn1. The van der Waals surface area contributed by atoms with E-state index in [1.54, 1.807) is 4.68 Å². The number of aromatic nitrogens is 6. The second-order valence-electron chi connectivity index (χ2n) is 5.37. The lowest BCUT2D eigenvalue weighted by Crippen LogP contribution is -2.21. The van der Waals surface area contributed by atoms with Crippen LogP contribution >= 0.6 is 0 Å². The van der Waals surface area contributed by atoms with E-state index in [1.807, 2.05) is 50.2 Å². The standard InChI is InChI=1S/C15H17N7O/c1-11(2)22-14(17-15(23)9-21-10-16-19-20-21)8-13(18-22)12-6-4-3-5-7-12/h3-8,10-11H,9H2,1-2H3,(H,17,23). The minimum absolute atomic E-state index is 0.0525. The third-order valence-electron chi connectivity index (χ3n) is 3.26. The zero-order chi connectivity index (χ0) is 16.2. The molecule has 0 saturated heterocycles. The highest BCUT2D eigenvalue weighted by atomic mass is 16.2. The Morgan fingerprint density at radius 2 is 2.04 bits per heavy atom. The van der Waals surface area contributed by atoms with Crippen LogP contribution in [-0.4, -0.2) is 35.9 Å². The molecule has 3 aromatic rings. The molecule has 8 heteroatoms. The fraction of sp³-hybridized carbons (Fsp3) is 0.267. The number of tetrazole rings is 1. The minimum Gasteiger partial charge on any atom is -0.309 e. The number of nitrogens with one attached hydrogen (secondary N) is 1. The first-order valence-electron chi connectivity index (χ1n) is 7.29. The van der Waals surface area contributed by atoms with E-state index in [2.05, 4.69) is 25.9 Å². The van der Waals surface area contributed by atoms with Crippen LogP contribution in [0.5, 0.6) is 0 Å². The second-order valence-corrected chi connectivity index (χ2v) is 5.37. The number of anilines is 1. The van der Waals surface area contributed by atoms with E-state index in [1.165, 1.54) is 11.0 Å². The van der Waals surface area contributed by atoms with Crippen LogP contribution in [0.2, 0.25) is 0 Å². The molecule has 0 radical (unpaired) electrons. The van der Waals surface area contributed by atoms with Crippen LogP contribution < -0.4 is 5.32 Å². The smallest absolute Gasteiger partial charge is 0.247 e. The Morgan fingerprint density at radius 1 is 1.26 bits per heavy atom. The van der Waals surface area contributed by atoms with Crippen molar-refractivity contribution in [2.75, 3.05) is 5.32 Å². The summed E-state index contributed by atoms with van der Waals surface area (Å²) in [5.41, 5.74) is 1.82. The van der Waals surface area contributed by atoms with E-state index in [0.29, 0.717) is 5.82 Å². The Hall–Kier alpha value is -3.03. The molecule has 0 aliphatic rings. The molecule has 0 aliphatic heterocycles. The van der Waals surface area contributed by atoms with Gasteiger partial charge in [-0.2, -0.15) is 5.10 Å². The van der Waals surface area contributed by atoms with E-state index < -0.39 is 0 Å². The third-order valence-corrected chi connectivity index (χ3v) is 3.26. The Labute approximate surface area is 133 Å². The van der Waals surface area contributed by atoms with Gasteiger partial charge in [0.2, 0.25) is 5.91 Å². The van der Waals surface area contributed by atoms with Gasteiger partial charge in [-0.15, -0.1) is 5.10 Å². The second kappa shape index (κ2) is 6.39. The number of carbonyl (C=O) groups excluding carboxylic acids is 1. The van der Waals surface area contributed by atoms with Gasteiger partial charge in [-0.3, -0.25) is 4.79 Å². The van der Waals surface area contributed by atoms with Crippen molar-refractivity contribution in [3.05, 3.63) is 42.7 Å². The molecule has 0 fully saturated rings. The quantitative estimate of drug-likeness (QED) is 0.775. The summed E-state index contributed by atoms with van der Waals surface area (Å²) in [4.78, 5) is 12.1. The average molecular weight is 311 g/mol. The lowest BCUT2D eigenvalue weighted by Gasteiger charge is -2.11. The lowest BCUT2D eigenvalue weighted by atomic mass is 10.2. The zero-order valence-electron chi connectivity index (χ0n) is 12.9. The number of hydrogen-bond acceptors (Lipinski definition) is 5. The minimum atomic E-state index is -0.210. The molecule has 1 aromatic carbocycles. The van der Waals surface area contributed by atoms with Crippen molar-refractivity contribution in [3.8, 4) is 11.3 Å². The average Bonchev–Trinajstić information content (AvgIpc) is 3.18. The monoisotopic (exact) mass is 311 g/mol. The fourth-order valence-electron chi connectivity index (χ4n) is 2.21. The van der Waals surface area contributed by atoms with Crippen molar-refractivity contribution in [2.45, 2.75) is 26.4 Å². The van der Waals surface area contributed by atoms with Gasteiger partial charge in [0, 0.05) is 17.7 Å². The molecule has 0 saturated carbocycles. The maximum Gasteiger partial charge on any atom is 0.247 e. The van der Waals surface area contributed by atoms with E-state index in [9.17, 15) is 4.79 Å². The molecule has 23 heavy (non-hydrogen) atoms. The Bertz CT molecular complexity index is 778.